The first-order chi connectivity index (χ1) is 9.66. The summed E-state index contributed by atoms with van der Waals surface area (Å²) in [4.78, 5) is 0. The van der Waals surface area contributed by atoms with Crippen molar-refractivity contribution < 1.29 is 9.47 Å². The van der Waals surface area contributed by atoms with Gasteiger partial charge in [-0.2, -0.15) is 0 Å². The Labute approximate surface area is 131 Å². The number of nitrogen functional groups attached to an aromatic ring is 1. The van der Waals surface area contributed by atoms with Crippen LogP contribution in [0.5, 0.6) is 11.5 Å². The predicted octanol–water partition coefficient (Wildman–Crippen LogP) is 4.53. The Morgan fingerprint density at radius 3 is 2.40 bits per heavy atom. The van der Waals surface area contributed by atoms with E-state index in [1.807, 2.05) is 36.4 Å². The second-order valence-electron chi connectivity index (χ2n) is 4.16. The molecule has 0 saturated carbocycles. The van der Waals surface area contributed by atoms with Crippen molar-refractivity contribution in [2.24, 2.45) is 0 Å². The minimum absolute atomic E-state index is 0.536. The van der Waals surface area contributed by atoms with E-state index in [2.05, 4.69) is 15.9 Å². The maximum absolute atomic E-state index is 6.06. The Kier molecular flexibility index (Phi) is 5.56. The van der Waals surface area contributed by atoms with E-state index in [-0.39, 0.29) is 0 Å². The van der Waals surface area contributed by atoms with Crippen LogP contribution in [-0.2, 0) is 0 Å². The number of benzene rings is 2. The average molecular weight is 357 g/mol. The van der Waals surface area contributed by atoms with Gasteiger partial charge in [-0.05, 0) is 30.3 Å². The molecule has 2 aromatic carbocycles. The molecule has 3 nitrogen and oxygen atoms in total. The highest BCUT2D eigenvalue weighted by Gasteiger charge is 2.02. The Bertz CT molecular complexity index is 578. The lowest BCUT2D eigenvalue weighted by Gasteiger charge is -2.10. The van der Waals surface area contributed by atoms with Gasteiger partial charge < -0.3 is 15.2 Å². The molecule has 0 aliphatic rings. The van der Waals surface area contributed by atoms with Crippen molar-refractivity contribution in [3.63, 3.8) is 0 Å². The second-order valence-corrected chi connectivity index (χ2v) is 5.49. The molecule has 20 heavy (non-hydrogen) atoms. The molecular weight excluding hydrogens is 342 g/mol. The van der Waals surface area contributed by atoms with E-state index in [1.165, 1.54) is 0 Å². The lowest BCUT2D eigenvalue weighted by Crippen LogP contribution is -2.06. The Hall–Kier alpha value is -1.39. The van der Waals surface area contributed by atoms with Gasteiger partial charge in [-0.1, -0.05) is 39.7 Å². The van der Waals surface area contributed by atoms with Crippen molar-refractivity contribution in [1.82, 2.24) is 0 Å². The van der Waals surface area contributed by atoms with Crippen LogP contribution < -0.4 is 15.2 Å². The number of hydrogen-bond acceptors (Lipinski definition) is 3. The lowest BCUT2D eigenvalue weighted by atomic mass is 10.3. The monoisotopic (exact) mass is 355 g/mol. The van der Waals surface area contributed by atoms with Crippen LogP contribution >= 0.6 is 27.5 Å². The number of para-hydroxylation sites is 2. The third-order valence-electron chi connectivity index (χ3n) is 2.62. The zero-order valence-electron chi connectivity index (χ0n) is 10.8. The molecular formula is C15H15BrClNO2. The molecule has 5 heteroatoms. The minimum Gasteiger partial charge on any atom is -0.492 e. The van der Waals surface area contributed by atoms with E-state index in [4.69, 9.17) is 26.8 Å². The van der Waals surface area contributed by atoms with Crippen LogP contribution in [0.4, 0.5) is 5.69 Å². The van der Waals surface area contributed by atoms with E-state index in [9.17, 15) is 0 Å². The summed E-state index contributed by atoms with van der Waals surface area (Å²) in [6, 6.07) is 13.0. The highest BCUT2D eigenvalue weighted by atomic mass is 79.9. The molecule has 2 aromatic rings. The van der Waals surface area contributed by atoms with E-state index < -0.39 is 0 Å². The minimum atomic E-state index is 0.536. The Balaban J connectivity index is 1.73. The molecule has 0 heterocycles. The summed E-state index contributed by atoms with van der Waals surface area (Å²) in [5.41, 5.74) is 6.43. The molecule has 0 aromatic heterocycles. The van der Waals surface area contributed by atoms with Crippen LogP contribution in [0, 0.1) is 0 Å². The van der Waals surface area contributed by atoms with E-state index in [0.717, 1.165) is 10.9 Å². The number of anilines is 1. The van der Waals surface area contributed by atoms with Gasteiger partial charge in [0.1, 0.15) is 11.5 Å². The lowest BCUT2D eigenvalue weighted by molar-refractivity contribution is 0.248. The SMILES string of the molecule is Nc1ccccc1OCCCOc1ccc(Br)cc1Cl. The van der Waals surface area contributed by atoms with Crippen molar-refractivity contribution >= 4 is 33.2 Å². The molecule has 0 radical (unpaired) electrons. The van der Waals surface area contributed by atoms with Gasteiger partial charge in [0.2, 0.25) is 0 Å². The fourth-order valence-corrected chi connectivity index (χ4v) is 2.36. The molecule has 106 valence electrons. The number of ether oxygens (including phenoxy) is 2. The molecule has 0 spiro atoms. The van der Waals surface area contributed by atoms with Gasteiger partial charge in [0.05, 0.1) is 23.9 Å². The van der Waals surface area contributed by atoms with Gasteiger partial charge in [0, 0.05) is 10.9 Å². The molecule has 2 rings (SSSR count). The summed E-state index contributed by atoms with van der Waals surface area (Å²) >= 11 is 9.41. The van der Waals surface area contributed by atoms with Crippen LogP contribution in [0.15, 0.2) is 46.9 Å². The summed E-state index contributed by atoms with van der Waals surface area (Å²) in [5.74, 6) is 1.38. The average Bonchev–Trinajstić information content (AvgIpc) is 2.42. The third kappa shape index (κ3) is 4.32. The number of nitrogens with two attached hydrogens (primary N) is 1. The first-order valence-electron chi connectivity index (χ1n) is 6.22. The number of rotatable bonds is 6. The van der Waals surface area contributed by atoms with Crippen molar-refractivity contribution in [3.8, 4) is 11.5 Å². The van der Waals surface area contributed by atoms with Crippen LogP contribution in [0.3, 0.4) is 0 Å². The standard InChI is InChI=1S/C15H15BrClNO2/c16-11-6-7-14(12(17)10-11)19-8-3-9-20-15-5-2-1-4-13(15)18/h1-2,4-7,10H,3,8-9,18H2. The Morgan fingerprint density at radius 1 is 1.00 bits per heavy atom. The largest absolute Gasteiger partial charge is 0.492 e. The van der Waals surface area contributed by atoms with Crippen LogP contribution in [0.1, 0.15) is 6.42 Å². The maximum Gasteiger partial charge on any atom is 0.142 e. The Morgan fingerprint density at radius 2 is 1.70 bits per heavy atom. The first kappa shape index (κ1) is 15.0. The molecule has 2 N–H and O–H groups in total. The van der Waals surface area contributed by atoms with Crippen LogP contribution in [-0.4, -0.2) is 13.2 Å². The molecule has 0 aliphatic heterocycles. The molecule has 0 bridgehead atoms. The van der Waals surface area contributed by atoms with Crippen LogP contribution in [0.2, 0.25) is 5.02 Å². The van der Waals surface area contributed by atoms with Gasteiger partial charge in [-0.15, -0.1) is 0 Å². The normalized spacial score (nSPS) is 10.3. The van der Waals surface area contributed by atoms with Crippen molar-refractivity contribution in [2.75, 3.05) is 18.9 Å². The molecule has 0 amide bonds. The highest BCUT2D eigenvalue weighted by molar-refractivity contribution is 9.10. The summed E-state index contributed by atoms with van der Waals surface area (Å²) < 4.78 is 12.1. The quantitative estimate of drug-likeness (QED) is 0.611. The highest BCUT2D eigenvalue weighted by Crippen LogP contribution is 2.27. The fourth-order valence-electron chi connectivity index (χ4n) is 1.63. The summed E-state index contributed by atoms with van der Waals surface area (Å²) in [6.45, 7) is 1.08. The molecule has 0 aliphatic carbocycles. The van der Waals surface area contributed by atoms with Gasteiger partial charge >= 0.3 is 0 Å². The molecule has 0 fully saturated rings. The molecule has 0 saturated heterocycles. The number of hydrogen-bond donors (Lipinski definition) is 1. The smallest absolute Gasteiger partial charge is 0.142 e. The zero-order valence-corrected chi connectivity index (χ0v) is 13.2. The molecule has 0 unspecified atom stereocenters. The summed E-state index contributed by atoms with van der Waals surface area (Å²) in [6.07, 6.45) is 0.751. The fraction of sp³-hybridized carbons (Fsp3) is 0.200. The third-order valence-corrected chi connectivity index (χ3v) is 3.41. The van der Waals surface area contributed by atoms with Crippen molar-refractivity contribution in [2.45, 2.75) is 6.42 Å². The summed E-state index contributed by atoms with van der Waals surface area (Å²) in [7, 11) is 0. The van der Waals surface area contributed by atoms with Crippen molar-refractivity contribution in [3.05, 3.63) is 52.0 Å². The van der Waals surface area contributed by atoms with Gasteiger partial charge in [-0.25, -0.2) is 0 Å². The predicted molar refractivity (Wildman–Crippen MR) is 85.6 cm³/mol. The first-order valence-corrected chi connectivity index (χ1v) is 7.39. The van der Waals surface area contributed by atoms with E-state index in [0.29, 0.717) is 35.4 Å². The number of halogens is 2. The topological polar surface area (TPSA) is 44.5 Å². The van der Waals surface area contributed by atoms with Gasteiger partial charge in [-0.3, -0.25) is 0 Å². The second kappa shape index (κ2) is 7.41. The van der Waals surface area contributed by atoms with Crippen LogP contribution in [0.25, 0.3) is 0 Å². The van der Waals surface area contributed by atoms with E-state index in [1.54, 1.807) is 6.07 Å². The van der Waals surface area contributed by atoms with Crippen molar-refractivity contribution in [1.29, 1.82) is 0 Å². The van der Waals surface area contributed by atoms with Gasteiger partial charge in [0.25, 0.3) is 0 Å². The maximum atomic E-state index is 6.06. The molecule has 0 atom stereocenters. The summed E-state index contributed by atoms with van der Waals surface area (Å²) in [5, 5.41) is 0.590. The van der Waals surface area contributed by atoms with E-state index >= 15 is 0 Å². The van der Waals surface area contributed by atoms with Gasteiger partial charge in [0.15, 0.2) is 0 Å². The zero-order chi connectivity index (χ0) is 14.4.